The third kappa shape index (κ3) is 4.86. The lowest BCUT2D eigenvalue weighted by Gasteiger charge is -2.23. The first-order valence-electron chi connectivity index (χ1n) is 12.4. The van der Waals surface area contributed by atoms with Gasteiger partial charge in [0.05, 0.1) is 33.7 Å². The molecule has 4 aromatic heterocycles. The van der Waals surface area contributed by atoms with Gasteiger partial charge in [-0.15, -0.1) is 5.10 Å². The number of halogens is 4. The number of aromatic nitrogens is 9. The lowest BCUT2D eigenvalue weighted by molar-refractivity contribution is -0.616. The normalized spacial score (nSPS) is 13.0. The summed E-state index contributed by atoms with van der Waals surface area (Å²) in [5.41, 5.74) is 1.28. The summed E-state index contributed by atoms with van der Waals surface area (Å²) in [5.74, 6) is -0.786. The first-order valence-corrected chi connectivity index (χ1v) is 12.8. The summed E-state index contributed by atoms with van der Waals surface area (Å²) in [6.45, 7) is -2.88. The number of rotatable bonds is 8. The van der Waals surface area contributed by atoms with Crippen LogP contribution in [0.15, 0.2) is 91.8 Å². The maximum absolute atomic E-state index is 15.3. The van der Waals surface area contributed by atoms with E-state index >= 15 is 4.39 Å². The number of benzene rings is 2. The van der Waals surface area contributed by atoms with Crippen molar-refractivity contribution in [3.8, 4) is 28.1 Å². The van der Waals surface area contributed by atoms with Crippen LogP contribution >= 0.6 is 11.6 Å². The van der Waals surface area contributed by atoms with E-state index in [9.17, 15) is 19.1 Å². The molecule has 0 aliphatic heterocycles. The number of nitrogens with zero attached hydrogens (tertiary/aromatic N) is 9. The monoisotopic (exact) mass is 593 g/mol. The van der Waals surface area contributed by atoms with Crippen molar-refractivity contribution in [2.75, 3.05) is 0 Å². The molecule has 2 unspecified atom stereocenters. The molecule has 0 spiro atoms. The van der Waals surface area contributed by atoms with Crippen LogP contribution in [0.5, 0.6) is 0 Å². The van der Waals surface area contributed by atoms with Crippen LogP contribution in [0.25, 0.3) is 28.1 Å². The number of aliphatic hydroxyl groups is 1. The molecule has 0 amide bonds. The fraction of sp³-hybridized carbons (Fsp3) is 0.111. The van der Waals surface area contributed by atoms with Crippen molar-refractivity contribution in [3.05, 3.63) is 119 Å². The van der Waals surface area contributed by atoms with Crippen LogP contribution in [0.4, 0.5) is 13.2 Å². The molecule has 2 aromatic carbocycles. The average Bonchev–Trinajstić information content (AvgIpc) is 3.78. The maximum atomic E-state index is 15.3. The first-order chi connectivity index (χ1) is 20.3. The van der Waals surface area contributed by atoms with E-state index in [1.807, 2.05) is 0 Å². The summed E-state index contributed by atoms with van der Waals surface area (Å²) >= 11 is 6.06. The lowest BCUT2D eigenvalue weighted by Crippen LogP contribution is -2.37. The fourth-order valence-electron chi connectivity index (χ4n) is 4.74. The van der Waals surface area contributed by atoms with Crippen molar-refractivity contribution in [3.63, 3.8) is 0 Å². The van der Waals surface area contributed by atoms with E-state index in [4.69, 9.17) is 11.6 Å². The zero-order valence-electron chi connectivity index (χ0n) is 21.3. The molecule has 15 heteroatoms. The smallest absolute Gasteiger partial charge is 0.333 e. The lowest BCUT2D eigenvalue weighted by atomic mass is 9.97. The van der Waals surface area contributed by atoms with Gasteiger partial charge < -0.3 is 10.3 Å². The molecule has 0 bridgehead atoms. The minimum absolute atomic E-state index is 0.0206. The van der Waals surface area contributed by atoms with Crippen molar-refractivity contribution in [2.24, 2.45) is 0 Å². The zero-order chi connectivity index (χ0) is 29.4. The first kappa shape index (κ1) is 27.1. The second-order valence-corrected chi connectivity index (χ2v) is 9.53. The number of aliphatic hydroxyl groups excluding tert-OH is 1. The molecule has 11 nitrogen and oxygen atoms in total. The Morgan fingerprint density at radius 1 is 0.976 bits per heavy atom. The van der Waals surface area contributed by atoms with E-state index in [-0.39, 0.29) is 33.2 Å². The quantitative estimate of drug-likeness (QED) is 0.203. The van der Waals surface area contributed by atoms with Gasteiger partial charge >= 0.3 is 6.55 Å². The highest BCUT2D eigenvalue weighted by molar-refractivity contribution is 6.31. The molecular weight excluding hydrogens is 575 g/mol. The number of hydrogen-bond donors (Lipinski definition) is 1. The summed E-state index contributed by atoms with van der Waals surface area (Å²) in [5, 5.41) is 43.8. The fourth-order valence-corrected chi connectivity index (χ4v) is 4.90. The van der Waals surface area contributed by atoms with E-state index in [0.29, 0.717) is 20.5 Å². The highest BCUT2D eigenvalue weighted by Crippen LogP contribution is 2.36. The Labute approximate surface area is 240 Å². The van der Waals surface area contributed by atoms with Crippen LogP contribution in [0.3, 0.4) is 0 Å². The average molecular weight is 594 g/mol. The Morgan fingerprint density at radius 3 is 2.50 bits per heavy atom. The van der Waals surface area contributed by atoms with Crippen LogP contribution in [-0.2, 0) is 0 Å². The molecule has 212 valence electrons. The Hall–Kier alpha value is -5.08. The second-order valence-electron chi connectivity index (χ2n) is 9.13. The predicted octanol–water partition coefficient (Wildman–Crippen LogP) is 4.53. The maximum Gasteiger partial charge on any atom is 0.333 e. The van der Waals surface area contributed by atoms with Crippen molar-refractivity contribution in [1.82, 2.24) is 39.8 Å². The minimum atomic E-state index is -2.88. The van der Waals surface area contributed by atoms with Gasteiger partial charge in [-0.1, -0.05) is 41.9 Å². The molecule has 0 aliphatic rings. The van der Waals surface area contributed by atoms with E-state index in [0.717, 1.165) is 6.20 Å². The molecule has 1 N–H and O–H groups in total. The van der Waals surface area contributed by atoms with Crippen LogP contribution in [-0.4, -0.2) is 44.9 Å². The van der Waals surface area contributed by atoms with Crippen LogP contribution < -0.4 is 4.73 Å². The SMILES string of the molecule is [O-][n+]1cc(-c2c(-n3cnnn3)ccc(Cl)c2F)ccc1C(C(O)c1ccccc1)n1cc(-c2ccnn2C(F)F)cn1. The summed E-state index contributed by atoms with van der Waals surface area (Å²) in [4.78, 5) is 0. The predicted molar refractivity (Wildman–Crippen MR) is 143 cm³/mol. The Bertz CT molecular complexity index is 1850. The van der Waals surface area contributed by atoms with Gasteiger partial charge in [0.1, 0.15) is 12.4 Å². The van der Waals surface area contributed by atoms with E-state index in [1.165, 1.54) is 64.6 Å². The number of tetrazole rings is 1. The molecule has 6 rings (SSSR count). The van der Waals surface area contributed by atoms with Crippen molar-refractivity contribution >= 4 is 11.6 Å². The van der Waals surface area contributed by atoms with Crippen molar-refractivity contribution < 1.29 is 23.0 Å². The molecule has 0 radical (unpaired) electrons. The molecular formula is C27H19ClF3N9O2. The van der Waals surface area contributed by atoms with Gasteiger partial charge in [-0.3, -0.25) is 4.68 Å². The minimum Gasteiger partial charge on any atom is -0.618 e. The van der Waals surface area contributed by atoms with Crippen molar-refractivity contribution in [1.29, 1.82) is 0 Å². The molecule has 0 aliphatic carbocycles. The highest BCUT2D eigenvalue weighted by Gasteiger charge is 2.33. The molecule has 2 atom stereocenters. The Balaban J connectivity index is 1.47. The van der Waals surface area contributed by atoms with Gasteiger partial charge in [-0.25, -0.2) is 9.07 Å². The van der Waals surface area contributed by atoms with Crippen LogP contribution in [0.1, 0.15) is 30.0 Å². The molecule has 42 heavy (non-hydrogen) atoms. The summed E-state index contributed by atoms with van der Waals surface area (Å²) in [6, 6.07) is 14.6. The third-order valence-corrected chi connectivity index (χ3v) is 6.97. The van der Waals surface area contributed by atoms with Gasteiger partial charge in [0, 0.05) is 24.0 Å². The van der Waals surface area contributed by atoms with Gasteiger partial charge in [-0.2, -0.15) is 28.4 Å². The topological polar surface area (TPSA) is 126 Å². The molecule has 0 fully saturated rings. The number of pyridine rings is 1. The van der Waals surface area contributed by atoms with E-state index in [2.05, 4.69) is 25.7 Å². The molecule has 0 saturated heterocycles. The largest absolute Gasteiger partial charge is 0.618 e. The number of hydrogen-bond acceptors (Lipinski definition) is 7. The summed E-state index contributed by atoms with van der Waals surface area (Å²) < 4.78 is 45.8. The molecule has 4 heterocycles. The number of alkyl halides is 2. The van der Waals surface area contributed by atoms with E-state index < -0.39 is 24.5 Å². The zero-order valence-corrected chi connectivity index (χ0v) is 22.0. The van der Waals surface area contributed by atoms with Gasteiger partial charge in [0.25, 0.3) is 0 Å². The van der Waals surface area contributed by atoms with Crippen LogP contribution in [0.2, 0.25) is 5.02 Å². The van der Waals surface area contributed by atoms with Crippen LogP contribution in [0, 0.1) is 11.0 Å². The van der Waals surface area contributed by atoms with E-state index in [1.54, 1.807) is 30.3 Å². The second kappa shape index (κ2) is 11.1. The Kier molecular flexibility index (Phi) is 7.14. The molecule has 6 aromatic rings. The Morgan fingerprint density at radius 2 is 1.79 bits per heavy atom. The third-order valence-electron chi connectivity index (χ3n) is 6.68. The van der Waals surface area contributed by atoms with Crippen molar-refractivity contribution in [2.45, 2.75) is 18.7 Å². The summed E-state index contributed by atoms with van der Waals surface area (Å²) in [7, 11) is 0. The van der Waals surface area contributed by atoms with Gasteiger partial charge in [0.15, 0.2) is 18.1 Å². The highest BCUT2D eigenvalue weighted by atomic mass is 35.5. The van der Waals surface area contributed by atoms with Gasteiger partial charge in [-0.05, 0) is 40.3 Å². The summed E-state index contributed by atoms with van der Waals surface area (Å²) in [6.07, 6.45) is 5.13. The van der Waals surface area contributed by atoms with Gasteiger partial charge in [0.2, 0.25) is 5.69 Å². The molecule has 0 saturated carbocycles. The standard InChI is InChI=1S/C27H19ClF3N9O2/c28-19-7-9-21(38-15-32-35-36-38)23(24(19)29)17-6-8-22(39(42)14-17)25(26(41)16-4-2-1-3-5-16)37-13-18(12-34-37)20-10-11-33-40(20)27(30)31/h1-15,25-27,41H.